The second-order valence-corrected chi connectivity index (χ2v) is 7.60. The third-order valence-corrected chi connectivity index (χ3v) is 4.79. The Morgan fingerprint density at radius 2 is 1.81 bits per heavy atom. The van der Waals surface area contributed by atoms with E-state index in [0.29, 0.717) is 12.3 Å². The number of nitrogens with zero attached hydrogens (tertiary/aromatic N) is 2. The molecule has 0 spiro atoms. The van der Waals surface area contributed by atoms with Gasteiger partial charge in [0.25, 0.3) is 0 Å². The highest BCUT2D eigenvalue weighted by atomic mass is 35.5. The van der Waals surface area contributed by atoms with Gasteiger partial charge in [0.2, 0.25) is 0 Å². The van der Waals surface area contributed by atoms with Crippen LogP contribution in [0.4, 0.5) is 5.69 Å². The quantitative estimate of drug-likeness (QED) is 0.548. The molecule has 1 atom stereocenters. The summed E-state index contributed by atoms with van der Waals surface area (Å²) < 4.78 is 2.15. The van der Waals surface area contributed by atoms with Gasteiger partial charge in [0, 0.05) is 29.5 Å². The van der Waals surface area contributed by atoms with Crippen LogP contribution in [0.25, 0.3) is 0 Å². The van der Waals surface area contributed by atoms with Crippen LogP contribution in [0.15, 0.2) is 67.3 Å². The summed E-state index contributed by atoms with van der Waals surface area (Å²) >= 11 is 11.4. The lowest BCUT2D eigenvalue weighted by atomic mass is 9.95. The maximum absolute atomic E-state index is 5.92. The van der Waals surface area contributed by atoms with Gasteiger partial charge in [-0.1, -0.05) is 61.9 Å². The maximum Gasteiger partial charge on any atom is 0.0951 e. The van der Waals surface area contributed by atoms with Gasteiger partial charge in [0.15, 0.2) is 0 Å². The average Bonchev–Trinajstić information content (AvgIpc) is 3.12. The van der Waals surface area contributed by atoms with Gasteiger partial charge in [-0.2, -0.15) is 0 Å². The summed E-state index contributed by atoms with van der Waals surface area (Å²) in [4.78, 5) is 4.97. The van der Waals surface area contributed by atoms with Crippen LogP contribution in [0.1, 0.15) is 31.0 Å². The third-order valence-electron chi connectivity index (χ3n) is 4.29. The molecule has 0 aliphatic rings. The van der Waals surface area contributed by atoms with Crippen LogP contribution in [0.2, 0.25) is 5.02 Å². The van der Waals surface area contributed by atoms with E-state index < -0.39 is 0 Å². The second kappa shape index (κ2) is 8.47. The predicted molar refractivity (Wildman–Crippen MR) is 113 cm³/mol. The van der Waals surface area contributed by atoms with Crippen LogP contribution in [0.3, 0.4) is 0 Å². The zero-order chi connectivity index (χ0) is 18.5. The standard InChI is InChI=1S/C21H22ClN3S/c1-15(2)21(25-12-11-23-14-25)17-5-9-19(10-6-17)24-20(26)13-16-3-7-18(22)8-4-16/h3-12,14-15,21H,13H2,1-2H3,(H,24,26). The normalized spacial score (nSPS) is 12.2. The highest BCUT2D eigenvalue weighted by Gasteiger charge is 2.17. The predicted octanol–water partition coefficient (Wildman–Crippen LogP) is 5.76. The second-order valence-electron chi connectivity index (χ2n) is 6.67. The lowest BCUT2D eigenvalue weighted by Gasteiger charge is -2.23. The van der Waals surface area contributed by atoms with Crippen molar-refractivity contribution in [3.05, 3.63) is 83.4 Å². The maximum atomic E-state index is 5.92. The monoisotopic (exact) mass is 383 g/mol. The van der Waals surface area contributed by atoms with Crippen molar-refractivity contribution in [1.82, 2.24) is 9.55 Å². The Morgan fingerprint density at radius 3 is 2.38 bits per heavy atom. The summed E-state index contributed by atoms with van der Waals surface area (Å²) in [5.41, 5.74) is 3.40. The van der Waals surface area contributed by atoms with E-state index in [4.69, 9.17) is 23.8 Å². The molecule has 3 nitrogen and oxygen atoms in total. The van der Waals surface area contributed by atoms with E-state index in [9.17, 15) is 0 Å². The molecule has 0 saturated heterocycles. The molecule has 134 valence electrons. The molecule has 1 heterocycles. The van der Waals surface area contributed by atoms with Crippen LogP contribution >= 0.6 is 23.8 Å². The minimum absolute atomic E-state index is 0.271. The van der Waals surface area contributed by atoms with Crippen LogP contribution in [-0.4, -0.2) is 14.5 Å². The Kier molecular flexibility index (Phi) is 6.07. The van der Waals surface area contributed by atoms with Gasteiger partial charge in [0.1, 0.15) is 0 Å². The summed E-state index contributed by atoms with van der Waals surface area (Å²) in [5, 5.41) is 4.05. The molecular formula is C21H22ClN3S. The Hall–Kier alpha value is -2.17. The van der Waals surface area contributed by atoms with Crippen molar-refractivity contribution in [2.45, 2.75) is 26.3 Å². The number of hydrogen-bond acceptors (Lipinski definition) is 2. The number of aromatic nitrogens is 2. The summed E-state index contributed by atoms with van der Waals surface area (Å²) in [6, 6.07) is 16.5. The molecule has 3 rings (SSSR count). The molecule has 3 aromatic rings. The number of thiocarbonyl (C=S) groups is 1. The molecule has 26 heavy (non-hydrogen) atoms. The van der Waals surface area contributed by atoms with Crippen molar-refractivity contribution in [1.29, 1.82) is 0 Å². The first-order valence-corrected chi connectivity index (χ1v) is 9.43. The van der Waals surface area contributed by atoms with Crippen LogP contribution in [0.5, 0.6) is 0 Å². The largest absolute Gasteiger partial charge is 0.350 e. The van der Waals surface area contributed by atoms with Gasteiger partial charge in [-0.3, -0.25) is 0 Å². The third kappa shape index (κ3) is 4.71. The highest BCUT2D eigenvalue weighted by molar-refractivity contribution is 7.80. The molecule has 0 amide bonds. The van der Waals surface area contributed by atoms with Crippen molar-refractivity contribution in [2.24, 2.45) is 5.92 Å². The minimum Gasteiger partial charge on any atom is -0.350 e. The Bertz CT molecular complexity index is 840. The fraction of sp³-hybridized carbons (Fsp3) is 0.238. The minimum atomic E-state index is 0.271. The highest BCUT2D eigenvalue weighted by Crippen LogP contribution is 2.27. The van der Waals surface area contributed by atoms with E-state index in [1.807, 2.05) is 43.0 Å². The number of imidazole rings is 1. The number of nitrogens with one attached hydrogen (secondary N) is 1. The fourth-order valence-corrected chi connectivity index (χ4v) is 3.50. The molecular weight excluding hydrogens is 362 g/mol. The molecule has 1 unspecified atom stereocenters. The lowest BCUT2D eigenvalue weighted by molar-refractivity contribution is 0.436. The SMILES string of the molecule is CC(C)C(c1ccc(NC(=S)Cc2ccc(Cl)cc2)cc1)n1ccnc1. The van der Waals surface area contributed by atoms with E-state index in [1.165, 1.54) is 5.56 Å². The Morgan fingerprint density at radius 1 is 1.12 bits per heavy atom. The topological polar surface area (TPSA) is 29.9 Å². The van der Waals surface area contributed by atoms with E-state index in [-0.39, 0.29) is 6.04 Å². The fourth-order valence-electron chi connectivity index (χ4n) is 3.09. The Labute approximate surface area is 165 Å². The van der Waals surface area contributed by atoms with E-state index in [0.717, 1.165) is 21.3 Å². The first-order valence-electron chi connectivity index (χ1n) is 8.64. The molecule has 1 aromatic heterocycles. The van der Waals surface area contributed by atoms with Crippen molar-refractivity contribution < 1.29 is 0 Å². The van der Waals surface area contributed by atoms with Gasteiger partial charge in [-0.25, -0.2) is 4.98 Å². The molecule has 0 bridgehead atoms. The van der Waals surface area contributed by atoms with E-state index >= 15 is 0 Å². The number of rotatable bonds is 6. The molecule has 0 saturated carbocycles. The summed E-state index contributed by atoms with van der Waals surface area (Å²) in [6.07, 6.45) is 6.40. The van der Waals surface area contributed by atoms with E-state index in [1.54, 1.807) is 0 Å². The van der Waals surface area contributed by atoms with Crippen molar-refractivity contribution >= 4 is 34.5 Å². The van der Waals surface area contributed by atoms with Crippen molar-refractivity contribution in [2.75, 3.05) is 5.32 Å². The number of hydrogen-bond donors (Lipinski definition) is 1. The zero-order valence-corrected chi connectivity index (χ0v) is 16.5. The number of halogens is 1. The zero-order valence-electron chi connectivity index (χ0n) is 14.9. The van der Waals surface area contributed by atoms with Crippen LogP contribution in [0, 0.1) is 5.92 Å². The van der Waals surface area contributed by atoms with Gasteiger partial charge >= 0.3 is 0 Å². The smallest absolute Gasteiger partial charge is 0.0951 e. The summed E-state index contributed by atoms with van der Waals surface area (Å²) in [5.74, 6) is 0.467. The molecule has 5 heteroatoms. The van der Waals surface area contributed by atoms with Crippen molar-refractivity contribution in [3.8, 4) is 0 Å². The molecule has 0 radical (unpaired) electrons. The molecule has 0 aliphatic heterocycles. The molecule has 1 N–H and O–H groups in total. The first-order chi connectivity index (χ1) is 12.5. The van der Waals surface area contributed by atoms with Crippen molar-refractivity contribution in [3.63, 3.8) is 0 Å². The number of benzene rings is 2. The molecule has 2 aromatic carbocycles. The van der Waals surface area contributed by atoms with Gasteiger partial charge in [-0.15, -0.1) is 0 Å². The van der Waals surface area contributed by atoms with Crippen LogP contribution < -0.4 is 5.32 Å². The van der Waals surface area contributed by atoms with Crippen LogP contribution in [-0.2, 0) is 6.42 Å². The number of anilines is 1. The summed E-state index contributed by atoms with van der Waals surface area (Å²) in [7, 11) is 0. The Balaban J connectivity index is 1.67. The van der Waals surface area contributed by atoms with E-state index in [2.05, 4.69) is 53.0 Å². The van der Waals surface area contributed by atoms with Gasteiger partial charge in [0.05, 0.1) is 17.4 Å². The summed E-state index contributed by atoms with van der Waals surface area (Å²) in [6.45, 7) is 4.44. The van der Waals surface area contributed by atoms with Gasteiger partial charge in [-0.05, 0) is 41.3 Å². The molecule has 0 fully saturated rings. The first kappa shape index (κ1) is 18.6. The average molecular weight is 384 g/mol. The lowest BCUT2D eigenvalue weighted by Crippen LogP contribution is -2.16. The van der Waals surface area contributed by atoms with Gasteiger partial charge < -0.3 is 9.88 Å². The molecule has 0 aliphatic carbocycles.